The zero-order chi connectivity index (χ0) is 23.5. The lowest BCUT2D eigenvalue weighted by Gasteiger charge is -2.36. The largest absolute Gasteiger partial charge is 0.339 e. The van der Waals surface area contributed by atoms with Crippen molar-refractivity contribution in [3.8, 4) is 0 Å². The van der Waals surface area contributed by atoms with Crippen molar-refractivity contribution >= 4 is 39.2 Å². The van der Waals surface area contributed by atoms with Gasteiger partial charge in [0.25, 0.3) is 11.8 Å². The number of carbonyl (C=O) groups is 3. The van der Waals surface area contributed by atoms with E-state index in [2.05, 4.69) is 5.32 Å². The molecule has 1 atom stereocenters. The average molecular weight is 482 g/mol. The minimum atomic E-state index is -4.43. The Kier molecular flexibility index (Phi) is 7.15. The monoisotopic (exact) mass is 481 g/mol. The van der Waals surface area contributed by atoms with Crippen LogP contribution in [0.3, 0.4) is 0 Å². The summed E-state index contributed by atoms with van der Waals surface area (Å²) in [6, 6.07) is 9.98. The molecule has 32 heavy (non-hydrogen) atoms. The molecule has 2 aromatic carbocycles. The van der Waals surface area contributed by atoms with Gasteiger partial charge in [0.15, 0.2) is 0 Å². The van der Waals surface area contributed by atoms with Crippen LogP contribution in [0.5, 0.6) is 0 Å². The molecule has 3 rings (SSSR count). The maximum atomic E-state index is 13.3. The van der Waals surface area contributed by atoms with Crippen LogP contribution in [0.15, 0.2) is 53.4 Å². The quantitative estimate of drug-likeness (QED) is 0.655. The molecule has 170 valence electrons. The highest BCUT2D eigenvalue weighted by Gasteiger charge is 2.39. The van der Waals surface area contributed by atoms with Crippen LogP contribution >= 0.6 is 11.6 Å². The minimum Gasteiger partial charge on any atom is -0.339 e. The Bertz CT molecular complexity index is 1130. The number of nitrogens with one attached hydrogen (secondary N) is 1. The molecule has 1 aliphatic heterocycles. The van der Waals surface area contributed by atoms with Crippen LogP contribution in [-0.2, 0) is 19.4 Å². The number of benzene rings is 2. The molecule has 1 N–H and O–H groups in total. The van der Waals surface area contributed by atoms with Gasteiger partial charge in [0.1, 0.15) is 5.82 Å². The van der Waals surface area contributed by atoms with Gasteiger partial charge in [0, 0.05) is 33.1 Å². The number of hydrogen-bond donors (Lipinski definition) is 1. The van der Waals surface area contributed by atoms with Crippen molar-refractivity contribution in [2.45, 2.75) is 17.2 Å². The van der Waals surface area contributed by atoms with Crippen LogP contribution in [0.1, 0.15) is 17.3 Å². The summed E-state index contributed by atoms with van der Waals surface area (Å²) in [6.45, 7) is 2.10. The molecule has 1 heterocycles. The molecular weight excluding hydrogens is 461 g/mol. The van der Waals surface area contributed by atoms with Crippen LogP contribution in [0.4, 0.5) is 4.39 Å². The molecule has 0 bridgehead atoms. The van der Waals surface area contributed by atoms with E-state index >= 15 is 0 Å². The third kappa shape index (κ3) is 5.08. The lowest BCUT2D eigenvalue weighted by Crippen LogP contribution is -2.57. The SMILES string of the molecule is CC(=O)N1CCN(C(=O)[C@H](NC(=O)c2ccccc2Cl)S(=O)(=O)c2ccc(F)cc2)CC1. The first-order valence-corrected chi connectivity index (χ1v) is 11.6. The van der Waals surface area contributed by atoms with E-state index in [0.717, 1.165) is 24.3 Å². The summed E-state index contributed by atoms with van der Waals surface area (Å²) >= 11 is 6.04. The average Bonchev–Trinajstić information content (AvgIpc) is 2.77. The van der Waals surface area contributed by atoms with Gasteiger partial charge < -0.3 is 15.1 Å². The van der Waals surface area contributed by atoms with Gasteiger partial charge in [-0.2, -0.15) is 0 Å². The van der Waals surface area contributed by atoms with E-state index in [4.69, 9.17) is 11.6 Å². The Hall–Kier alpha value is -2.98. The molecule has 0 aliphatic carbocycles. The van der Waals surface area contributed by atoms with E-state index in [0.29, 0.717) is 0 Å². The van der Waals surface area contributed by atoms with Crippen LogP contribution in [0.2, 0.25) is 5.02 Å². The van der Waals surface area contributed by atoms with Gasteiger partial charge in [0.05, 0.1) is 15.5 Å². The number of carbonyl (C=O) groups excluding carboxylic acids is 3. The molecule has 0 radical (unpaired) electrons. The predicted molar refractivity (Wildman–Crippen MR) is 115 cm³/mol. The minimum absolute atomic E-state index is 0.00247. The number of piperazine rings is 1. The fourth-order valence-electron chi connectivity index (χ4n) is 3.28. The van der Waals surface area contributed by atoms with Gasteiger partial charge in [0.2, 0.25) is 21.1 Å². The smallest absolute Gasteiger partial charge is 0.261 e. The Balaban J connectivity index is 1.93. The van der Waals surface area contributed by atoms with E-state index in [9.17, 15) is 27.2 Å². The first kappa shape index (κ1) is 23.7. The van der Waals surface area contributed by atoms with Gasteiger partial charge in [-0.1, -0.05) is 23.7 Å². The lowest BCUT2D eigenvalue weighted by molar-refractivity contribution is -0.138. The van der Waals surface area contributed by atoms with Crippen molar-refractivity contribution < 1.29 is 27.2 Å². The Morgan fingerprint density at radius 3 is 2.09 bits per heavy atom. The van der Waals surface area contributed by atoms with Crippen molar-refractivity contribution in [1.29, 1.82) is 0 Å². The molecule has 3 amide bonds. The standard InChI is InChI=1S/C21H21ClFN3O5S/c1-14(27)25-10-12-26(13-11-25)21(29)20(24-19(28)17-4-2-3-5-18(17)22)32(30,31)16-8-6-15(23)7-9-16/h2-9,20H,10-13H2,1H3,(H,24,28)/t20-/m1/s1. The highest BCUT2D eigenvalue weighted by Crippen LogP contribution is 2.20. The second-order valence-corrected chi connectivity index (χ2v) is 9.60. The topological polar surface area (TPSA) is 104 Å². The predicted octanol–water partition coefficient (Wildman–Crippen LogP) is 1.70. The first-order chi connectivity index (χ1) is 15.1. The van der Waals surface area contributed by atoms with Crippen LogP contribution in [0.25, 0.3) is 0 Å². The van der Waals surface area contributed by atoms with E-state index in [1.54, 1.807) is 12.1 Å². The zero-order valence-corrected chi connectivity index (χ0v) is 18.7. The van der Waals surface area contributed by atoms with Gasteiger partial charge in [-0.25, -0.2) is 12.8 Å². The molecule has 0 aromatic heterocycles. The van der Waals surface area contributed by atoms with Crippen molar-refractivity contribution in [3.05, 3.63) is 64.9 Å². The van der Waals surface area contributed by atoms with Gasteiger partial charge in [-0.05, 0) is 36.4 Å². The van der Waals surface area contributed by atoms with Gasteiger partial charge in [-0.15, -0.1) is 0 Å². The molecular formula is C21H21ClFN3O5S. The number of rotatable bonds is 5. The van der Waals surface area contributed by atoms with Gasteiger partial charge >= 0.3 is 0 Å². The fourth-order valence-corrected chi connectivity index (χ4v) is 4.97. The Labute approximate surface area is 189 Å². The van der Waals surface area contributed by atoms with Gasteiger partial charge in [-0.3, -0.25) is 14.4 Å². The maximum absolute atomic E-state index is 13.3. The first-order valence-electron chi connectivity index (χ1n) is 9.70. The number of amides is 3. The summed E-state index contributed by atoms with van der Waals surface area (Å²) in [7, 11) is -4.43. The summed E-state index contributed by atoms with van der Waals surface area (Å²) < 4.78 is 39.9. The van der Waals surface area contributed by atoms with E-state index in [1.165, 1.54) is 28.9 Å². The van der Waals surface area contributed by atoms with E-state index in [1.807, 2.05) is 0 Å². The molecule has 1 aliphatic rings. The van der Waals surface area contributed by atoms with Crippen LogP contribution in [0, 0.1) is 5.82 Å². The summed E-state index contributed by atoms with van der Waals surface area (Å²) in [5.41, 5.74) is 0.00247. The van der Waals surface area contributed by atoms with Crippen LogP contribution in [-0.4, -0.2) is 67.5 Å². The van der Waals surface area contributed by atoms with Crippen molar-refractivity contribution in [1.82, 2.24) is 15.1 Å². The zero-order valence-electron chi connectivity index (χ0n) is 17.1. The number of nitrogens with zero attached hydrogens (tertiary/aromatic N) is 2. The fraction of sp³-hybridized carbons (Fsp3) is 0.286. The highest BCUT2D eigenvalue weighted by molar-refractivity contribution is 7.92. The summed E-state index contributed by atoms with van der Waals surface area (Å²) in [5, 5.41) is 0.412. The van der Waals surface area contributed by atoms with Crippen molar-refractivity contribution in [2.24, 2.45) is 0 Å². The molecule has 0 spiro atoms. The molecule has 11 heteroatoms. The Morgan fingerprint density at radius 2 is 1.53 bits per heavy atom. The number of hydrogen-bond acceptors (Lipinski definition) is 5. The van der Waals surface area contributed by atoms with E-state index in [-0.39, 0.29) is 47.6 Å². The third-order valence-electron chi connectivity index (χ3n) is 5.09. The summed E-state index contributed by atoms with van der Waals surface area (Å²) in [5.74, 6) is -2.49. The number of halogens is 2. The molecule has 2 aromatic rings. The van der Waals surface area contributed by atoms with Crippen LogP contribution < -0.4 is 5.32 Å². The maximum Gasteiger partial charge on any atom is 0.261 e. The second-order valence-electron chi connectivity index (χ2n) is 7.16. The molecule has 1 fully saturated rings. The van der Waals surface area contributed by atoms with Crippen molar-refractivity contribution in [3.63, 3.8) is 0 Å². The highest BCUT2D eigenvalue weighted by atomic mass is 35.5. The summed E-state index contributed by atoms with van der Waals surface area (Å²) in [4.78, 5) is 40.1. The lowest BCUT2D eigenvalue weighted by atomic mass is 10.2. The Morgan fingerprint density at radius 1 is 0.969 bits per heavy atom. The van der Waals surface area contributed by atoms with Crippen molar-refractivity contribution in [2.75, 3.05) is 26.2 Å². The number of sulfone groups is 1. The summed E-state index contributed by atoms with van der Waals surface area (Å²) in [6.07, 6.45) is 0. The molecule has 0 unspecified atom stereocenters. The molecule has 8 nitrogen and oxygen atoms in total. The third-order valence-corrected chi connectivity index (χ3v) is 7.29. The van der Waals surface area contributed by atoms with E-state index < -0.39 is 32.8 Å². The molecule has 1 saturated heterocycles. The molecule has 0 saturated carbocycles. The second kappa shape index (κ2) is 9.66. The normalized spacial score (nSPS) is 15.2.